The minimum absolute atomic E-state index is 0.171. The molecule has 21 heavy (non-hydrogen) atoms. The number of aryl methyl sites for hydroxylation is 1. The molecule has 0 spiro atoms. The van der Waals surface area contributed by atoms with Crippen LogP contribution in [0.2, 0.25) is 0 Å². The van der Waals surface area contributed by atoms with Crippen LogP contribution in [0.4, 0.5) is 0 Å². The third kappa shape index (κ3) is 5.84. The van der Waals surface area contributed by atoms with Crippen LogP contribution in [0.5, 0.6) is 0 Å². The Morgan fingerprint density at radius 2 is 2.00 bits per heavy atom. The van der Waals surface area contributed by atoms with Crippen molar-refractivity contribution >= 4 is 37.6 Å². The van der Waals surface area contributed by atoms with Gasteiger partial charge in [-0.2, -0.15) is 0 Å². The first-order valence-corrected chi connectivity index (χ1v) is 8.93. The largest absolute Gasteiger partial charge is 0.480 e. The molecule has 1 unspecified atom stereocenters. The summed E-state index contributed by atoms with van der Waals surface area (Å²) in [5.74, 6) is -2.11. The number of benzene rings is 1. The van der Waals surface area contributed by atoms with Gasteiger partial charge in [0.1, 0.15) is 15.9 Å². The van der Waals surface area contributed by atoms with Crippen LogP contribution in [0, 0.1) is 6.92 Å². The zero-order chi connectivity index (χ0) is 16.2. The summed E-state index contributed by atoms with van der Waals surface area (Å²) in [4.78, 5) is 23.2. The van der Waals surface area contributed by atoms with Gasteiger partial charge in [-0.3, -0.25) is 4.79 Å². The molecule has 8 heteroatoms. The maximum absolute atomic E-state index is 12.1. The van der Waals surface area contributed by atoms with E-state index >= 15 is 0 Å². The molecule has 0 aromatic heterocycles. The Morgan fingerprint density at radius 3 is 2.48 bits per heavy atom. The third-order valence-corrected chi connectivity index (χ3v) is 4.28. The second-order valence-electron chi connectivity index (χ2n) is 4.74. The molecule has 1 amide bonds. The van der Waals surface area contributed by atoms with Crippen molar-refractivity contribution in [3.05, 3.63) is 33.8 Å². The van der Waals surface area contributed by atoms with E-state index in [0.29, 0.717) is 11.1 Å². The second-order valence-corrected chi connectivity index (χ2v) is 7.92. The molecule has 0 saturated carbocycles. The first kappa shape index (κ1) is 17.6. The van der Waals surface area contributed by atoms with Gasteiger partial charge in [-0.1, -0.05) is 15.9 Å². The number of aliphatic carboxylic acids is 1. The second kappa shape index (κ2) is 7.04. The fraction of sp³-hybridized carbons (Fsp3) is 0.385. The highest BCUT2D eigenvalue weighted by Crippen LogP contribution is 2.16. The number of sulfone groups is 1. The number of hydrogen-bond donors (Lipinski definition) is 2. The van der Waals surface area contributed by atoms with Crippen molar-refractivity contribution in [2.45, 2.75) is 19.4 Å². The lowest BCUT2D eigenvalue weighted by molar-refractivity contribution is -0.139. The highest BCUT2D eigenvalue weighted by Gasteiger charge is 2.22. The van der Waals surface area contributed by atoms with E-state index in [0.717, 1.165) is 10.7 Å². The number of carboxylic acids is 1. The summed E-state index contributed by atoms with van der Waals surface area (Å²) < 4.78 is 23.0. The molecule has 0 saturated heterocycles. The standard InChI is InChI=1S/C13H16BrNO5S/c1-8-7-9(14)3-4-10(8)12(16)15-11(13(17)18)5-6-21(2,19)20/h3-4,7,11H,5-6H2,1-2H3,(H,15,16)(H,17,18). The predicted molar refractivity (Wildman–Crippen MR) is 82.1 cm³/mol. The van der Waals surface area contributed by atoms with Gasteiger partial charge >= 0.3 is 5.97 Å². The molecule has 1 aromatic rings. The highest BCUT2D eigenvalue weighted by molar-refractivity contribution is 9.10. The quantitative estimate of drug-likeness (QED) is 0.779. The van der Waals surface area contributed by atoms with E-state index in [-0.39, 0.29) is 12.2 Å². The average Bonchev–Trinajstić information content (AvgIpc) is 2.32. The number of carboxylic acid groups (broad SMARTS) is 1. The first-order valence-electron chi connectivity index (χ1n) is 6.07. The SMILES string of the molecule is Cc1cc(Br)ccc1C(=O)NC(CCS(C)(=O)=O)C(=O)O. The smallest absolute Gasteiger partial charge is 0.326 e. The van der Waals surface area contributed by atoms with Crippen LogP contribution >= 0.6 is 15.9 Å². The van der Waals surface area contributed by atoms with Crippen LogP contribution in [-0.4, -0.2) is 43.5 Å². The zero-order valence-corrected chi connectivity index (χ0v) is 14.0. The number of amides is 1. The van der Waals surface area contributed by atoms with Gasteiger partial charge < -0.3 is 10.4 Å². The molecular weight excluding hydrogens is 362 g/mol. The minimum Gasteiger partial charge on any atom is -0.480 e. The molecule has 116 valence electrons. The number of carbonyl (C=O) groups excluding carboxylic acids is 1. The molecule has 1 atom stereocenters. The van der Waals surface area contributed by atoms with E-state index in [1.807, 2.05) is 0 Å². The molecule has 0 aliphatic carbocycles. The Balaban J connectivity index is 2.84. The number of nitrogens with one attached hydrogen (secondary N) is 1. The van der Waals surface area contributed by atoms with Crippen LogP contribution in [0.25, 0.3) is 0 Å². The van der Waals surface area contributed by atoms with Gasteiger partial charge in [0.25, 0.3) is 5.91 Å². The topological polar surface area (TPSA) is 101 Å². The maximum atomic E-state index is 12.1. The fourth-order valence-corrected chi connectivity index (χ4v) is 2.85. The van der Waals surface area contributed by atoms with E-state index in [2.05, 4.69) is 21.2 Å². The molecule has 6 nitrogen and oxygen atoms in total. The van der Waals surface area contributed by atoms with Crippen LogP contribution in [0.1, 0.15) is 22.3 Å². The van der Waals surface area contributed by atoms with E-state index < -0.39 is 27.8 Å². The summed E-state index contributed by atoms with van der Waals surface area (Å²) in [5.41, 5.74) is 1.04. The molecule has 0 aliphatic heterocycles. The number of rotatable bonds is 6. The van der Waals surface area contributed by atoms with Crippen LogP contribution in [0.3, 0.4) is 0 Å². The summed E-state index contributed by atoms with van der Waals surface area (Å²) in [6.45, 7) is 1.73. The van der Waals surface area contributed by atoms with E-state index in [1.165, 1.54) is 0 Å². The van der Waals surface area contributed by atoms with E-state index in [9.17, 15) is 18.0 Å². The van der Waals surface area contributed by atoms with Crippen molar-refractivity contribution in [1.29, 1.82) is 0 Å². The molecule has 0 heterocycles. The van der Waals surface area contributed by atoms with Gasteiger partial charge in [-0.05, 0) is 37.1 Å². The van der Waals surface area contributed by atoms with Crippen molar-refractivity contribution in [1.82, 2.24) is 5.32 Å². The number of hydrogen-bond acceptors (Lipinski definition) is 4. The Labute approximate surface area is 131 Å². The monoisotopic (exact) mass is 377 g/mol. The van der Waals surface area contributed by atoms with Gasteiger partial charge in [0, 0.05) is 16.3 Å². The zero-order valence-electron chi connectivity index (χ0n) is 11.6. The highest BCUT2D eigenvalue weighted by atomic mass is 79.9. The van der Waals surface area contributed by atoms with Crippen molar-refractivity contribution in [2.24, 2.45) is 0 Å². The summed E-state index contributed by atoms with van der Waals surface area (Å²) in [6, 6.07) is 3.75. The molecule has 0 radical (unpaired) electrons. The molecular formula is C13H16BrNO5S. The van der Waals surface area contributed by atoms with Crippen LogP contribution in [0.15, 0.2) is 22.7 Å². The Bertz CT molecular complexity index is 657. The van der Waals surface area contributed by atoms with Gasteiger partial charge in [-0.25, -0.2) is 13.2 Å². The summed E-state index contributed by atoms with van der Waals surface area (Å²) in [6.07, 6.45) is 0.849. The minimum atomic E-state index is -3.29. The van der Waals surface area contributed by atoms with Gasteiger partial charge in [0.05, 0.1) is 5.75 Å². The summed E-state index contributed by atoms with van der Waals surface area (Å²) in [7, 11) is -3.29. The summed E-state index contributed by atoms with van der Waals surface area (Å²) in [5, 5.41) is 11.4. The van der Waals surface area contributed by atoms with Crippen LogP contribution in [-0.2, 0) is 14.6 Å². The number of carbonyl (C=O) groups is 2. The lowest BCUT2D eigenvalue weighted by Gasteiger charge is -2.15. The Hall–Kier alpha value is -1.41. The summed E-state index contributed by atoms with van der Waals surface area (Å²) >= 11 is 3.27. The molecule has 2 N–H and O–H groups in total. The third-order valence-electron chi connectivity index (χ3n) is 2.81. The maximum Gasteiger partial charge on any atom is 0.326 e. The Kier molecular flexibility index (Phi) is 5.91. The molecule has 1 rings (SSSR count). The van der Waals surface area contributed by atoms with Crippen molar-refractivity contribution in [2.75, 3.05) is 12.0 Å². The van der Waals surface area contributed by atoms with Crippen molar-refractivity contribution in [3.63, 3.8) is 0 Å². The Morgan fingerprint density at radius 1 is 1.38 bits per heavy atom. The molecule has 0 aliphatic rings. The normalized spacial score (nSPS) is 12.7. The first-order chi connectivity index (χ1) is 9.60. The van der Waals surface area contributed by atoms with Gasteiger partial charge in [0.15, 0.2) is 0 Å². The lowest BCUT2D eigenvalue weighted by atomic mass is 10.1. The van der Waals surface area contributed by atoms with E-state index in [4.69, 9.17) is 5.11 Å². The van der Waals surface area contributed by atoms with Crippen LogP contribution < -0.4 is 5.32 Å². The number of halogens is 1. The van der Waals surface area contributed by atoms with Gasteiger partial charge in [-0.15, -0.1) is 0 Å². The van der Waals surface area contributed by atoms with Gasteiger partial charge in [0.2, 0.25) is 0 Å². The molecule has 1 aromatic carbocycles. The predicted octanol–water partition coefficient (Wildman–Crippen LogP) is 1.38. The molecule has 0 fully saturated rings. The average molecular weight is 378 g/mol. The van der Waals surface area contributed by atoms with Crippen molar-refractivity contribution in [3.8, 4) is 0 Å². The lowest BCUT2D eigenvalue weighted by Crippen LogP contribution is -2.42. The van der Waals surface area contributed by atoms with Crippen molar-refractivity contribution < 1.29 is 23.1 Å². The van der Waals surface area contributed by atoms with E-state index in [1.54, 1.807) is 25.1 Å². The fourth-order valence-electron chi connectivity index (χ4n) is 1.71. The molecule has 0 bridgehead atoms.